The van der Waals surface area contributed by atoms with E-state index in [9.17, 15) is 9.18 Å². The number of fused-ring (bicyclic) bond motifs is 1. The zero-order chi connectivity index (χ0) is 15.8. The van der Waals surface area contributed by atoms with Crippen molar-refractivity contribution in [3.63, 3.8) is 0 Å². The third-order valence-corrected chi connectivity index (χ3v) is 5.60. The Labute approximate surface area is 140 Å². The molecule has 1 amide bonds. The van der Waals surface area contributed by atoms with Crippen LogP contribution in [0.3, 0.4) is 0 Å². The standard InChI is InChI=1S/C16H12FN3OS2/c17-12-3-1-2-11(8-12)16-20(6-7-22-16)15(21)10-4-5-13-14(9-10)19-23-18-13/h1-5,8-9,16H,6-7H2. The lowest BCUT2D eigenvalue weighted by molar-refractivity contribution is 0.0760. The Morgan fingerprint density at radius 2 is 2.04 bits per heavy atom. The molecule has 23 heavy (non-hydrogen) atoms. The predicted octanol–water partition coefficient (Wildman–Crippen LogP) is 3.72. The smallest absolute Gasteiger partial charge is 0.255 e. The van der Waals surface area contributed by atoms with E-state index >= 15 is 0 Å². The van der Waals surface area contributed by atoms with Crippen LogP contribution in [-0.4, -0.2) is 31.9 Å². The topological polar surface area (TPSA) is 46.1 Å². The first-order valence-electron chi connectivity index (χ1n) is 7.13. The summed E-state index contributed by atoms with van der Waals surface area (Å²) < 4.78 is 21.8. The highest BCUT2D eigenvalue weighted by Gasteiger charge is 2.31. The van der Waals surface area contributed by atoms with E-state index in [0.717, 1.165) is 34.1 Å². The van der Waals surface area contributed by atoms with Crippen LogP contribution in [0.25, 0.3) is 11.0 Å². The van der Waals surface area contributed by atoms with E-state index in [4.69, 9.17) is 0 Å². The molecule has 7 heteroatoms. The number of carbonyl (C=O) groups is 1. The third-order valence-electron chi connectivity index (χ3n) is 3.79. The van der Waals surface area contributed by atoms with Gasteiger partial charge in [0.25, 0.3) is 5.91 Å². The Kier molecular flexibility index (Phi) is 3.74. The second-order valence-corrected chi connectivity index (χ2v) is 6.96. The van der Waals surface area contributed by atoms with Crippen molar-refractivity contribution in [1.82, 2.24) is 13.6 Å². The lowest BCUT2D eigenvalue weighted by Crippen LogP contribution is -2.30. The summed E-state index contributed by atoms with van der Waals surface area (Å²) in [5, 5.41) is -0.151. The van der Waals surface area contributed by atoms with Gasteiger partial charge in [-0.05, 0) is 35.9 Å². The first-order chi connectivity index (χ1) is 11.2. The Hall–Kier alpha value is -1.99. The van der Waals surface area contributed by atoms with E-state index in [1.165, 1.54) is 12.1 Å². The van der Waals surface area contributed by atoms with Crippen LogP contribution in [0.2, 0.25) is 0 Å². The minimum atomic E-state index is -0.280. The minimum Gasteiger partial charge on any atom is -0.322 e. The second-order valence-electron chi connectivity index (χ2n) is 5.24. The van der Waals surface area contributed by atoms with Gasteiger partial charge in [-0.1, -0.05) is 12.1 Å². The lowest BCUT2D eigenvalue weighted by atomic mass is 10.1. The van der Waals surface area contributed by atoms with Gasteiger partial charge in [0.05, 0.1) is 11.7 Å². The van der Waals surface area contributed by atoms with E-state index in [1.807, 2.05) is 12.1 Å². The van der Waals surface area contributed by atoms with Crippen LogP contribution in [0.4, 0.5) is 4.39 Å². The molecule has 2 heterocycles. The summed E-state index contributed by atoms with van der Waals surface area (Å²) in [5.74, 6) is 0.504. The number of halogens is 1. The Morgan fingerprint density at radius 1 is 1.17 bits per heavy atom. The summed E-state index contributed by atoms with van der Waals surface area (Å²) in [5.41, 5.74) is 2.94. The highest BCUT2D eigenvalue weighted by atomic mass is 32.2. The highest BCUT2D eigenvalue weighted by molar-refractivity contribution is 7.99. The fourth-order valence-electron chi connectivity index (χ4n) is 2.70. The Morgan fingerprint density at radius 3 is 2.91 bits per heavy atom. The van der Waals surface area contributed by atoms with E-state index in [2.05, 4.69) is 8.75 Å². The molecular formula is C16H12FN3OS2. The molecule has 0 radical (unpaired) electrons. The van der Waals surface area contributed by atoms with Gasteiger partial charge in [0, 0.05) is 17.9 Å². The molecule has 0 bridgehead atoms. The Bertz CT molecular complexity index is 882. The van der Waals surface area contributed by atoms with E-state index in [-0.39, 0.29) is 17.1 Å². The van der Waals surface area contributed by atoms with Crippen molar-refractivity contribution in [2.45, 2.75) is 5.37 Å². The van der Waals surface area contributed by atoms with Gasteiger partial charge in [-0.15, -0.1) is 11.8 Å². The number of benzene rings is 2. The molecule has 4 rings (SSSR count). The van der Waals surface area contributed by atoms with Crippen molar-refractivity contribution in [1.29, 1.82) is 0 Å². The van der Waals surface area contributed by atoms with E-state index in [1.54, 1.807) is 34.9 Å². The van der Waals surface area contributed by atoms with Gasteiger partial charge >= 0.3 is 0 Å². The molecule has 1 aliphatic heterocycles. The Balaban J connectivity index is 1.66. The predicted molar refractivity (Wildman–Crippen MR) is 90.1 cm³/mol. The van der Waals surface area contributed by atoms with Crippen molar-refractivity contribution in [3.05, 3.63) is 59.4 Å². The van der Waals surface area contributed by atoms with Gasteiger partial charge in [0.15, 0.2) is 0 Å². The number of aromatic nitrogens is 2. The van der Waals surface area contributed by atoms with Crippen LogP contribution in [0.15, 0.2) is 42.5 Å². The summed E-state index contributed by atoms with van der Waals surface area (Å²) in [4.78, 5) is 14.6. The van der Waals surface area contributed by atoms with Gasteiger partial charge in [0.2, 0.25) is 0 Å². The number of rotatable bonds is 2. The van der Waals surface area contributed by atoms with Crippen LogP contribution in [0, 0.1) is 5.82 Å². The molecule has 1 unspecified atom stereocenters. The molecule has 0 N–H and O–H groups in total. The quantitative estimate of drug-likeness (QED) is 0.710. The van der Waals surface area contributed by atoms with Crippen LogP contribution < -0.4 is 0 Å². The van der Waals surface area contributed by atoms with Crippen molar-refractivity contribution < 1.29 is 9.18 Å². The summed E-state index contributed by atoms with van der Waals surface area (Å²) in [6.07, 6.45) is 0. The molecule has 4 nitrogen and oxygen atoms in total. The van der Waals surface area contributed by atoms with Gasteiger partial charge in [-0.2, -0.15) is 8.75 Å². The monoisotopic (exact) mass is 345 g/mol. The number of amides is 1. The van der Waals surface area contributed by atoms with Crippen LogP contribution in [-0.2, 0) is 0 Å². The third kappa shape index (κ3) is 2.70. The van der Waals surface area contributed by atoms with Crippen molar-refractivity contribution >= 4 is 40.4 Å². The summed E-state index contributed by atoms with van der Waals surface area (Å²) in [6, 6.07) is 11.8. The van der Waals surface area contributed by atoms with E-state index < -0.39 is 0 Å². The number of thioether (sulfide) groups is 1. The average molecular weight is 345 g/mol. The fourth-order valence-corrected chi connectivity index (χ4v) is 4.46. The summed E-state index contributed by atoms with van der Waals surface area (Å²) in [7, 11) is 0. The minimum absolute atomic E-state index is 0.0563. The molecule has 3 aromatic rings. The van der Waals surface area contributed by atoms with Gasteiger partial charge in [-0.3, -0.25) is 4.79 Å². The second kappa shape index (κ2) is 5.90. The zero-order valence-corrected chi connectivity index (χ0v) is 13.6. The van der Waals surface area contributed by atoms with Crippen molar-refractivity contribution in [2.75, 3.05) is 12.3 Å². The molecule has 0 spiro atoms. The number of hydrogen-bond acceptors (Lipinski definition) is 5. The van der Waals surface area contributed by atoms with Crippen molar-refractivity contribution in [2.24, 2.45) is 0 Å². The normalized spacial score (nSPS) is 17.8. The van der Waals surface area contributed by atoms with Crippen LogP contribution >= 0.6 is 23.5 Å². The molecule has 0 saturated carbocycles. The number of carbonyl (C=O) groups excluding carboxylic acids is 1. The fraction of sp³-hybridized carbons (Fsp3) is 0.188. The summed E-state index contributed by atoms with van der Waals surface area (Å²) in [6.45, 7) is 0.651. The maximum absolute atomic E-state index is 13.5. The molecule has 1 atom stereocenters. The lowest BCUT2D eigenvalue weighted by Gasteiger charge is -2.24. The maximum Gasteiger partial charge on any atom is 0.255 e. The van der Waals surface area contributed by atoms with E-state index in [0.29, 0.717) is 12.1 Å². The first-order valence-corrected chi connectivity index (χ1v) is 8.91. The zero-order valence-electron chi connectivity index (χ0n) is 12.0. The molecule has 116 valence electrons. The largest absolute Gasteiger partial charge is 0.322 e. The van der Waals surface area contributed by atoms with Gasteiger partial charge in [-0.25, -0.2) is 4.39 Å². The summed E-state index contributed by atoms with van der Waals surface area (Å²) >= 11 is 2.79. The molecule has 1 saturated heterocycles. The molecule has 0 aliphatic carbocycles. The molecule has 1 aromatic heterocycles. The number of nitrogens with zero attached hydrogens (tertiary/aromatic N) is 3. The van der Waals surface area contributed by atoms with Crippen LogP contribution in [0.5, 0.6) is 0 Å². The molecular weight excluding hydrogens is 333 g/mol. The SMILES string of the molecule is O=C(c1ccc2nsnc2c1)N1CCSC1c1cccc(F)c1. The van der Waals surface area contributed by atoms with Gasteiger partial charge in [0.1, 0.15) is 22.2 Å². The number of hydrogen-bond donors (Lipinski definition) is 0. The first kappa shape index (κ1) is 14.6. The highest BCUT2D eigenvalue weighted by Crippen LogP contribution is 2.39. The van der Waals surface area contributed by atoms with Crippen molar-refractivity contribution in [3.8, 4) is 0 Å². The average Bonchev–Trinajstić information content (AvgIpc) is 3.22. The maximum atomic E-state index is 13.5. The van der Waals surface area contributed by atoms with Gasteiger partial charge < -0.3 is 4.90 Å². The molecule has 1 aliphatic rings. The molecule has 1 fully saturated rings. The molecule has 2 aromatic carbocycles. The van der Waals surface area contributed by atoms with Crippen LogP contribution in [0.1, 0.15) is 21.3 Å².